The Morgan fingerprint density at radius 3 is 2.12 bits per heavy atom. The number of ether oxygens (including phenoxy) is 1. The molecule has 1 amide bonds. The smallest absolute Gasteiger partial charge is 0.265 e. The van der Waals surface area contributed by atoms with Crippen LogP contribution in [0.4, 0.5) is 0 Å². The van der Waals surface area contributed by atoms with Crippen molar-refractivity contribution in [2.24, 2.45) is 5.73 Å². The van der Waals surface area contributed by atoms with E-state index >= 15 is 0 Å². The third-order valence-electron chi connectivity index (χ3n) is 4.36. The molecule has 0 spiro atoms. The average molecular weight is 326 g/mol. The van der Waals surface area contributed by atoms with E-state index in [9.17, 15) is 4.79 Å². The van der Waals surface area contributed by atoms with Crippen molar-refractivity contribution in [1.82, 2.24) is 5.32 Å². The lowest BCUT2D eigenvalue weighted by Crippen LogP contribution is -2.50. The van der Waals surface area contributed by atoms with Gasteiger partial charge in [0.1, 0.15) is 5.75 Å². The number of rotatable bonds is 8. The van der Waals surface area contributed by atoms with Crippen LogP contribution in [-0.2, 0) is 4.79 Å². The summed E-state index contributed by atoms with van der Waals surface area (Å²) in [4.78, 5) is 12.7. The average Bonchev–Trinajstić information content (AvgIpc) is 2.65. The van der Waals surface area contributed by atoms with Crippen molar-refractivity contribution in [3.05, 3.63) is 66.2 Å². The Morgan fingerprint density at radius 1 is 1.04 bits per heavy atom. The van der Waals surface area contributed by atoms with Gasteiger partial charge in [-0.05, 0) is 25.0 Å². The highest BCUT2D eigenvalue weighted by molar-refractivity contribution is 5.82. The molecule has 0 fully saturated rings. The van der Waals surface area contributed by atoms with E-state index < -0.39 is 6.10 Å². The minimum Gasteiger partial charge on any atom is -0.476 e. The normalized spacial score (nSPS) is 12.5. The van der Waals surface area contributed by atoms with Crippen LogP contribution in [0.1, 0.15) is 38.4 Å². The summed E-state index contributed by atoms with van der Waals surface area (Å²) in [5, 5.41) is 2.95. The Labute approximate surface area is 144 Å². The maximum Gasteiger partial charge on any atom is 0.265 e. The molecule has 2 aromatic carbocycles. The molecule has 0 aliphatic rings. The SMILES string of the molecule is CCC(N)(CC)CNC(=O)C(Oc1ccccc1)c1ccccc1. The minimum atomic E-state index is -0.702. The van der Waals surface area contributed by atoms with Gasteiger partial charge in [0.15, 0.2) is 0 Å². The first-order valence-electron chi connectivity index (χ1n) is 8.41. The van der Waals surface area contributed by atoms with Crippen molar-refractivity contribution in [1.29, 1.82) is 0 Å². The van der Waals surface area contributed by atoms with Crippen LogP contribution < -0.4 is 15.8 Å². The quantitative estimate of drug-likeness (QED) is 0.781. The fraction of sp³-hybridized carbons (Fsp3) is 0.350. The molecule has 0 aromatic heterocycles. The molecular weight excluding hydrogens is 300 g/mol. The molecule has 4 nitrogen and oxygen atoms in total. The van der Waals surface area contributed by atoms with Crippen LogP contribution in [0.15, 0.2) is 60.7 Å². The molecule has 1 unspecified atom stereocenters. The van der Waals surface area contributed by atoms with Gasteiger partial charge in [0.05, 0.1) is 0 Å². The Bertz CT molecular complexity index is 625. The zero-order chi connectivity index (χ0) is 17.4. The molecule has 0 saturated carbocycles. The molecule has 0 aliphatic carbocycles. The summed E-state index contributed by atoms with van der Waals surface area (Å²) in [5.41, 5.74) is 6.71. The van der Waals surface area contributed by atoms with Gasteiger partial charge in [-0.1, -0.05) is 62.4 Å². The fourth-order valence-corrected chi connectivity index (χ4v) is 2.39. The number of carbonyl (C=O) groups excluding carboxylic acids is 1. The van der Waals surface area contributed by atoms with Gasteiger partial charge in [0.2, 0.25) is 6.10 Å². The zero-order valence-electron chi connectivity index (χ0n) is 14.4. The van der Waals surface area contributed by atoms with Gasteiger partial charge in [0.25, 0.3) is 5.91 Å². The number of hydrogen-bond acceptors (Lipinski definition) is 3. The van der Waals surface area contributed by atoms with E-state index in [0.29, 0.717) is 12.3 Å². The first kappa shape index (κ1) is 18.0. The molecule has 3 N–H and O–H groups in total. The molecule has 4 heteroatoms. The van der Waals surface area contributed by atoms with Gasteiger partial charge in [0, 0.05) is 17.6 Å². The Balaban J connectivity index is 2.15. The number of amides is 1. The lowest BCUT2D eigenvalue weighted by molar-refractivity contribution is -0.128. The fourth-order valence-electron chi connectivity index (χ4n) is 2.39. The molecule has 1 atom stereocenters. The maximum absolute atomic E-state index is 12.7. The van der Waals surface area contributed by atoms with Gasteiger partial charge in [-0.3, -0.25) is 4.79 Å². The number of hydrogen-bond donors (Lipinski definition) is 2. The largest absolute Gasteiger partial charge is 0.476 e. The zero-order valence-corrected chi connectivity index (χ0v) is 14.4. The lowest BCUT2D eigenvalue weighted by Gasteiger charge is -2.28. The minimum absolute atomic E-state index is 0.179. The Morgan fingerprint density at radius 2 is 1.58 bits per heavy atom. The molecule has 0 aliphatic heterocycles. The molecule has 0 bridgehead atoms. The number of nitrogens with one attached hydrogen (secondary N) is 1. The number of para-hydroxylation sites is 1. The van der Waals surface area contributed by atoms with Crippen LogP contribution in [0, 0.1) is 0 Å². The molecular formula is C20H26N2O2. The summed E-state index contributed by atoms with van der Waals surface area (Å²) < 4.78 is 5.94. The van der Waals surface area contributed by atoms with Crippen molar-refractivity contribution in [3.8, 4) is 5.75 Å². The third-order valence-corrected chi connectivity index (χ3v) is 4.36. The highest BCUT2D eigenvalue weighted by Gasteiger charge is 2.26. The van der Waals surface area contributed by atoms with Crippen LogP contribution >= 0.6 is 0 Å². The van der Waals surface area contributed by atoms with Gasteiger partial charge in [-0.15, -0.1) is 0 Å². The second-order valence-electron chi connectivity index (χ2n) is 6.01. The molecule has 2 aromatic rings. The predicted octanol–water partition coefficient (Wildman–Crippen LogP) is 3.44. The standard InChI is InChI=1S/C20H26N2O2/c1-3-20(21,4-2)15-22-19(23)18(16-11-7-5-8-12-16)24-17-13-9-6-10-14-17/h5-14,18H,3-4,15,21H2,1-2H3,(H,22,23). The van der Waals surface area contributed by atoms with Gasteiger partial charge >= 0.3 is 0 Å². The van der Waals surface area contributed by atoms with Crippen molar-refractivity contribution in [2.45, 2.75) is 38.3 Å². The molecule has 2 rings (SSSR count). The lowest BCUT2D eigenvalue weighted by atomic mass is 9.94. The molecule has 0 saturated heterocycles. The highest BCUT2D eigenvalue weighted by atomic mass is 16.5. The van der Waals surface area contributed by atoms with E-state index in [0.717, 1.165) is 18.4 Å². The first-order chi connectivity index (χ1) is 11.6. The third kappa shape index (κ3) is 4.83. The van der Waals surface area contributed by atoms with Gasteiger partial charge in [-0.2, -0.15) is 0 Å². The summed E-state index contributed by atoms with van der Waals surface area (Å²) in [7, 11) is 0. The van der Waals surface area contributed by atoms with Gasteiger partial charge < -0.3 is 15.8 Å². The van der Waals surface area contributed by atoms with E-state index in [1.54, 1.807) is 0 Å². The summed E-state index contributed by atoms with van der Waals surface area (Å²) in [6, 6.07) is 18.9. The number of benzene rings is 2. The first-order valence-corrected chi connectivity index (χ1v) is 8.41. The van der Waals surface area contributed by atoms with E-state index in [1.165, 1.54) is 0 Å². The summed E-state index contributed by atoms with van der Waals surface area (Å²) in [6.45, 7) is 4.50. The second kappa shape index (κ2) is 8.50. The van der Waals surface area contributed by atoms with Crippen LogP contribution in [0.2, 0.25) is 0 Å². The van der Waals surface area contributed by atoms with Crippen molar-refractivity contribution in [2.75, 3.05) is 6.54 Å². The number of carbonyl (C=O) groups is 1. The van der Waals surface area contributed by atoms with Crippen molar-refractivity contribution < 1.29 is 9.53 Å². The topological polar surface area (TPSA) is 64.3 Å². The predicted molar refractivity (Wildman–Crippen MR) is 96.8 cm³/mol. The van der Waals surface area contributed by atoms with E-state index in [4.69, 9.17) is 10.5 Å². The molecule has 24 heavy (non-hydrogen) atoms. The Hall–Kier alpha value is -2.33. The van der Waals surface area contributed by atoms with Crippen molar-refractivity contribution in [3.63, 3.8) is 0 Å². The summed E-state index contributed by atoms with van der Waals surface area (Å²) in [5.74, 6) is 0.480. The van der Waals surface area contributed by atoms with Crippen LogP contribution in [-0.4, -0.2) is 18.0 Å². The van der Waals surface area contributed by atoms with E-state index in [1.807, 2.05) is 74.5 Å². The summed E-state index contributed by atoms with van der Waals surface area (Å²) in [6.07, 6.45) is 0.908. The maximum atomic E-state index is 12.7. The van der Waals surface area contributed by atoms with E-state index in [2.05, 4.69) is 5.32 Å². The molecule has 128 valence electrons. The van der Waals surface area contributed by atoms with Crippen molar-refractivity contribution >= 4 is 5.91 Å². The molecule has 0 radical (unpaired) electrons. The molecule has 0 heterocycles. The monoisotopic (exact) mass is 326 g/mol. The Kier molecular flexibility index (Phi) is 6.38. The second-order valence-corrected chi connectivity index (χ2v) is 6.01. The van der Waals surface area contributed by atoms with Gasteiger partial charge in [-0.25, -0.2) is 0 Å². The highest BCUT2D eigenvalue weighted by Crippen LogP contribution is 2.22. The number of nitrogens with two attached hydrogens (primary N) is 1. The van der Waals surface area contributed by atoms with E-state index in [-0.39, 0.29) is 11.4 Å². The summed E-state index contributed by atoms with van der Waals surface area (Å²) >= 11 is 0. The van der Waals surface area contributed by atoms with Crippen LogP contribution in [0.25, 0.3) is 0 Å². The van der Waals surface area contributed by atoms with Crippen LogP contribution in [0.5, 0.6) is 5.75 Å². The van der Waals surface area contributed by atoms with Crippen LogP contribution in [0.3, 0.4) is 0 Å².